The van der Waals surface area contributed by atoms with Crippen LogP contribution in [0.4, 0.5) is 105 Å². The zero-order valence-electron chi connectivity index (χ0n) is 42.2. The van der Waals surface area contributed by atoms with E-state index in [1.165, 1.54) is 22.1 Å². The van der Waals surface area contributed by atoms with Crippen molar-refractivity contribution >= 4 is 44.6 Å². The molecule has 7 aromatic carbocycles. The second-order valence-corrected chi connectivity index (χ2v) is 19.1. The van der Waals surface area contributed by atoms with Gasteiger partial charge >= 0.3 is 49.4 Å². The summed E-state index contributed by atoms with van der Waals surface area (Å²) in [6.45, 7) is 4.59. The number of fused-ring (bicyclic) bond motifs is 1. The number of halogens is 24. The van der Waals surface area contributed by atoms with Crippen molar-refractivity contribution in [1.82, 2.24) is 0 Å². The lowest BCUT2D eigenvalue weighted by atomic mass is 9.12. The number of benzene rings is 7. The van der Waals surface area contributed by atoms with Crippen LogP contribution in [0.5, 0.6) is 0 Å². The molecule has 0 atom stereocenters. The minimum Gasteiger partial charge on any atom is -0.287 e. The Hall–Kier alpha value is -8.00. The van der Waals surface area contributed by atoms with Gasteiger partial charge in [0.1, 0.15) is 6.15 Å². The normalized spacial score (nSPS) is 13.2. The summed E-state index contributed by atoms with van der Waals surface area (Å²) in [7, 11) is 0. The number of pyridine rings is 1. The van der Waals surface area contributed by atoms with Gasteiger partial charge in [-0.15, -0.1) is 0 Å². The number of alkyl halides is 24. The minimum atomic E-state index is -6.13. The summed E-state index contributed by atoms with van der Waals surface area (Å²) >= 11 is 0. The van der Waals surface area contributed by atoms with E-state index < -0.39 is 195 Å². The molecule has 1 aromatic heterocycles. The summed E-state index contributed by atoms with van der Waals surface area (Å²) in [5, 5.41) is 2.34. The molecule has 0 saturated carbocycles. The highest BCUT2D eigenvalue weighted by molar-refractivity contribution is 7.20. The Bertz CT molecular complexity index is 3310. The molecule has 2 nitrogen and oxygen atoms in total. The molecule has 8 aromatic rings. The standard InChI is InChI=1S/C32H12BF24.C25H22NO/c34-25(35,36)13-1-14(26(37,38)39)6-21(5-13)33(22-7-15(27(40,41)42)2-16(8-22)28(43,44)45,23-9-17(29(46,47)48)3-18(10-23)30(49,50)51)24-11-19(31(52,53)54)4-20(12-24)32(55,56)57;1-18-9-8-14-22(19(18)2)25-23-13-7-6-10-20(23)15-16-26(25)17-24(27)21-11-4-3-5-12-21/h1-12H;3-16H,17H2,1-2H3/q-1;+1. The Morgan fingerprint density at radius 2 is 0.679 bits per heavy atom. The molecule has 0 saturated heterocycles. The first kappa shape index (κ1) is 63.6. The molecule has 0 fully saturated rings. The van der Waals surface area contributed by atoms with Crippen molar-refractivity contribution in [3.8, 4) is 11.3 Å². The third kappa shape index (κ3) is 13.6. The SMILES string of the molecule is Cc1cccc(-c2c3ccccc3cc[n+]2CC(=O)c2ccccc2)c1C.FC(F)(F)c1cc([B-](c2cc(C(F)(F)F)cc(C(F)(F)F)c2)(c2cc(C(F)(F)F)cc(C(F)(F)F)c2)c2cc(C(F)(F)F)cc(C(F)(F)F)c2)cc(C(F)(F)F)c1. The van der Waals surface area contributed by atoms with E-state index in [0.29, 0.717) is 6.54 Å². The predicted molar refractivity (Wildman–Crippen MR) is 260 cm³/mol. The molecule has 0 N–H and O–H groups in total. The van der Waals surface area contributed by atoms with E-state index in [2.05, 4.69) is 66.9 Å². The Balaban J connectivity index is 0.000000309. The first-order valence-corrected chi connectivity index (χ1v) is 23.8. The summed E-state index contributed by atoms with van der Waals surface area (Å²) in [5.74, 6) is 0.113. The summed E-state index contributed by atoms with van der Waals surface area (Å²) in [4.78, 5) is 12.9. The Kier molecular flexibility index (Phi) is 16.8. The molecule has 8 rings (SSSR count). The van der Waals surface area contributed by atoms with Crippen LogP contribution in [0, 0.1) is 13.8 Å². The molecule has 0 aliphatic carbocycles. The van der Waals surface area contributed by atoms with E-state index in [4.69, 9.17) is 0 Å². The van der Waals surface area contributed by atoms with Gasteiger partial charge in [-0.1, -0.05) is 109 Å². The quantitative estimate of drug-likeness (QED) is 0.0643. The number of nitrogens with zero attached hydrogens (tertiary/aromatic N) is 1. The second kappa shape index (κ2) is 22.2. The van der Waals surface area contributed by atoms with Gasteiger partial charge in [-0.05, 0) is 66.8 Å². The fourth-order valence-corrected chi connectivity index (χ4v) is 9.64. The third-order valence-electron chi connectivity index (χ3n) is 13.6. The van der Waals surface area contributed by atoms with Crippen LogP contribution in [-0.2, 0) is 56.0 Å². The van der Waals surface area contributed by atoms with Gasteiger partial charge < -0.3 is 0 Å². The van der Waals surface area contributed by atoms with E-state index in [0.717, 1.165) is 16.6 Å². The van der Waals surface area contributed by atoms with Crippen molar-refractivity contribution in [2.24, 2.45) is 0 Å². The highest BCUT2D eigenvalue weighted by atomic mass is 19.4. The van der Waals surface area contributed by atoms with Crippen LogP contribution in [0.3, 0.4) is 0 Å². The van der Waals surface area contributed by atoms with Gasteiger partial charge in [0.2, 0.25) is 18.0 Å². The molecule has 0 bridgehead atoms. The smallest absolute Gasteiger partial charge is 0.287 e. The van der Waals surface area contributed by atoms with Crippen molar-refractivity contribution in [2.45, 2.75) is 69.8 Å². The summed E-state index contributed by atoms with van der Waals surface area (Å²) in [6.07, 6.45) is -52.8. The predicted octanol–water partition coefficient (Wildman–Crippen LogP) is 16.5. The minimum absolute atomic E-state index is 0.113. The molecule has 0 aliphatic rings. The number of hydrogen-bond donors (Lipinski definition) is 0. The van der Waals surface area contributed by atoms with Crippen LogP contribution >= 0.6 is 0 Å². The van der Waals surface area contributed by atoms with Crippen molar-refractivity contribution in [1.29, 1.82) is 0 Å². The maximum absolute atomic E-state index is 14.2. The lowest BCUT2D eigenvalue weighted by Crippen LogP contribution is -2.75. The summed E-state index contributed by atoms with van der Waals surface area (Å²) in [6, 6.07) is 17.5. The van der Waals surface area contributed by atoms with Gasteiger partial charge in [-0.25, -0.2) is 0 Å². The molecular weight excluding hydrogens is 1180 g/mol. The van der Waals surface area contributed by atoms with Gasteiger partial charge in [0.15, 0.2) is 6.20 Å². The number of aromatic nitrogens is 1. The molecule has 444 valence electrons. The number of carbonyl (C=O) groups excluding carboxylic acids is 1. The fourth-order valence-electron chi connectivity index (χ4n) is 9.64. The average molecular weight is 1220 g/mol. The topological polar surface area (TPSA) is 20.9 Å². The largest absolute Gasteiger partial charge is 0.416 e. The molecule has 27 heteroatoms. The summed E-state index contributed by atoms with van der Waals surface area (Å²) < 4.78 is 343. The molecular formula is C57H34BF24NO. The molecule has 1 heterocycles. The van der Waals surface area contributed by atoms with E-state index in [1.807, 2.05) is 36.5 Å². The third-order valence-corrected chi connectivity index (χ3v) is 13.6. The molecule has 0 unspecified atom stereocenters. The highest BCUT2D eigenvalue weighted by Crippen LogP contribution is 2.42. The Labute approximate surface area is 458 Å². The van der Waals surface area contributed by atoms with Gasteiger partial charge in [0.05, 0.1) is 49.9 Å². The van der Waals surface area contributed by atoms with Gasteiger partial charge in [0, 0.05) is 17.2 Å². The van der Waals surface area contributed by atoms with E-state index in [-0.39, 0.29) is 5.78 Å². The Morgan fingerprint density at radius 3 is 1.00 bits per heavy atom. The van der Waals surface area contributed by atoms with E-state index in [1.54, 1.807) is 0 Å². The first-order valence-electron chi connectivity index (χ1n) is 23.8. The van der Waals surface area contributed by atoms with E-state index >= 15 is 0 Å². The maximum atomic E-state index is 14.2. The monoisotopic (exact) mass is 1220 g/mol. The summed E-state index contributed by atoms with van der Waals surface area (Å²) in [5.41, 5.74) is -24.7. The lowest BCUT2D eigenvalue weighted by molar-refractivity contribution is -0.671. The highest BCUT2D eigenvalue weighted by Gasteiger charge is 2.47. The number of hydrogen-bond acceptors (Lipinski definition) is 1. The molecule has 84 heavy (non-hydrogen) atoms. The van der Waals surface area contributed by atoms with Crippen LogP contribution in [-0.4, -0.2) is 11.9 Å². The van der Waals surface area contributed by atoms with Gasteiger partial charge in [-0.3, -0.25) is 4.79 Å². The number of carbonyl (C=O) groups is 1. The molecule has 0 aliphatic heterocycles. The van der Waals surface area contributed by atoms with Crippen LogP contribution in [0.1, 0.15) is 66.0 Å². The zero-order chi connectivity index (χ0) is 62.7. The van der Waals surface area contributed by atoms with Gasteiger partial charge in [-0.2, -0.15) is 132 Å². The average Bonchev–Trinajstić information content (AvgIpc) is 0.751. The molecule has 0 radical (unpaired) electrons. The van der Waals surface area contributed by atoms with Crippen molar-refractivity contribution in [3.63, 3.8) is 0 Å². The van der Waals surface area contributed by atoms with Crippen LogP contribution < -0.4 is 26.4 Å². The van der Waals surface area contributed by atoms with Crippen LogP contribution in [0.25, 0.3) is 22.0 Å². The van der Waals surface area contributed by atoms with E-state index in [9.17, 15) is 110 Å². The second-order valence-electron chi connectivity index (χ2n) is 19.1. The Morgan fingerprint density at radius 1 is 0.369 bits per heavy atom. The van der Waals surface area contributed by atoms with Crippen molar-refractivity contribution in [2.75, 3.05) is 0 Å². The molecule has 0 amide bonds. The first-order chi connectivity index (χ1) is 38.4. The van der Waals surface area contributed by atoms with Gasteiger partial charge in [0.25, 0.3) is 0 Å². The number of Topliss-reactive ketones (excluding diaryl/α,β-unsaturated/α-hetero) is 1. The molecule has 0 spiro atoms. The zero-order valence-corrected chi connectivity index (χ0v) is 42.2. The van der Waals surface area contributed by atoms with Crippen LogP contribution in [0.2, 0.25) is 0 Å². The van der Waals surface area contributed by atoms with Crippen molar-refractivity contribution in [3.05, 3.63) is 219 Å². The number of ketones is 1. The fraction of sp³-hybridized carbons (Fsp3) is 0.193. The number of rotatable bonds is 8. The lowest BCUT2D eigenvalue weighted by Gasteiger charge is -2.46. The van der Waals surface area contributed by atoms with Crippen LogP contribution in [0.15, 0.2) is 158 Å². The maximum Gasteiger partial charge on any atom is 0.416 e. The van der Waals surface area contributed by atoms with Crippen molar-refractivity contribution < 1.29 is 115 Å². The number of aryl methyl sites for hydroxylation is 1.